The first kappa shape index (κ1) is 24.6. The lowest BCUT2D eigenvalue weighted by Crippen LogP contribution is -2.49. The Hall–Kier alpha value is -3.09. The van der Waals surface area contributed by atoms with E-state index in [0.717, 1.165) is 12.1 Å². The molecule has 0 atom stereocenters. The van der Waals surface area contributed by atoms with Crippen LogP contribution in [0.25, 0.3) is 0 Å². The van der Waals surface area contributed by atoms with Crippen molar-refractivity contribution in [3.8, 4) is 0 Å². The molecule has 7 nitrogen and oxygen atoms in total. The van der Waals surface area contributed by atoms with Gasteiger partial charge in [-0.1, -0.05) is 12.1 Å². The molecule has 1 saturated heterocycles. The molecule has 1 N–H and O–H groups in total. The van der Waals surface area contributed by atoms with Gasteiger partial charge in [0.05, 0.1) is 17.8 Å². The Balaban J connectivity index is 1.63. The second-order valence-corrected chi connectivity index (χ2v) is 7.66. The molecule has 0 saturated carbocycles. The predicted octanol–water partition coefficient (Wildman–Crippen LogP) is 3.34. The Morgan fingerprint density at radius 2 is 1.64 bits per heavy atom. The smallest absolute Gasteiger partial charge is 0.363 e. The number of hydrogen-bond acceptors (Lipinski definition) is 6. The van der Waals surface area contributed by atoms with E-state index >= 15 is 0 Å². The third kappa shape index (κ3) is 6.24. The third-order valence-corrected chi connectivity index (χ3v) is 4.98. The fourth-order valence-corrected chi connectivity index (χ4v) is 3.28. The van der Waals surface area contributed by atoms with Crippen molar-refractivity contribution in [2.24, 2.45) is 0 Å². The first-order chi connectivity index (χ1) is 15.3. The highest BCUT2D eigenvalue weighted by atomic mass is 19.4. The van der Waals surface area contributed by atoms with E-state index in [2.05, 4.69) is 15.3 Å². The number of piperazine rings is 1. The maximum atomic E-state index is 13.2. The normalized spacial score (nSPS) is 15.5. The van der Waals surface area contributed by atoms with Crippen molar-refractivity contribution >= 4 is 23.4 Å². The number of nitrogens with one attached hydrogen (secondary N) is 1. The SMILES string of the molecule is CN(C)c1cc(C(F)(F)F)nc(N2CCN(CC(=O)Nc3ccccc3C(F)(F)F)CC2)n1. The molecular weight excluding hydrogens is 454 g/mol. The highest BCUT2D eigenvalue weighted by Crippen LogP contribution is 2.34. The Labute approximate surface area is 186 Å². The number of amides is 1. The van der Waals surface area contributed by atoms with Crippen LogP contribution < -0.4 is 15.1 Å². The molecule has 0 spiro atoms. The van der Waals surface area contributed by atoms with Crippen molar-refractivity contribution in [1.29, 1.82) is 0 Å². The van der Waals surface area contributed by atoms with E-state index in [-0.39, 0.29) is 37.1 Å². The molecule has 2 aromatic rings. The summed E-state index contributed by atoms with van der Waals surface area (Å²) in [5, 5.41) is 2.28. The van der Waals surface area contributed by atoms with Crippen LogP contribution in [0.15, 0.2) is 30.3 Å². The number of hydrogen-bond donors (Lipinski definition) is 1. The summed E-state index contributed by atoms with van der Waals surface area (Å²) in [7, 11) is 3.14. The first-order valence-corrected chi connectivity index (χ1v) is 9.91. The van der Waals surface area contributed by atoms with Gasteiger partial charge in [0.1, 0.15) is 5.82 Å². The average Bonchev–Trinajstić information content (AvgIpc) is 2.73. The van der Waals surface area contributed by atoms with Gasteiger partial charge in [0.25, 0.3) is 0 Å². The van der Waals surface area contributed by atoms with Crippen LogP contribution >= 0.6 is 0 Å². The zero-order valence-electron chi connectivity index (χ0n) is 17.8. The molecule has 33 heavy (non-hydrogen) atoms. The van der Waals surface area contributed by atoms with Crippen LogP contribution in [0, 0.1) is 0 Å². The number of aromatic nitrogens is 2. The molecule has 180 valence electrons. The summed E-state index contributed by atoms with van der Waals surface area (Å²) in [4.78, 5) is 24.8. The van der Waals surface area contributed by atoms with Gasteiger partial charge in [0, 0.05) is 46.3 Å². The molecule has 1 aliphatic heterocycles. The second kappa shape index (κ2) is 9.41. The van der Waals surface area contributed by atoms with Crippen molar-refractivity contribution < 1.29 is 31.1 Å². The standard InChI is InChI=1S/C20H22F6N6O/c1-30(2)16-11-15(20(24,25)26)28-18(29-16)32-9-7-31(8-10-32)12-17(33)27-14-6-4-3-5-13(14)19(21,22)23/h3-6,11H,7-10,12H2,1-2H3,(H,27,33). The number of carbonyl (C=O) groups is 1. The Morgan fingerprint density at radius 3 is 2.21 bits per heavy atom. The van der Waals surface area contributed by atoms with E-state index < -0.39 is 29.5 Å². The van der Waals surface area contributed by atoms with Crippen LogP contribution in [0.3, 0.4) is 0 Å². The molecule has 13 heteroatoms. The minimum absolute atomic E-state index is 0.0725. The van der Waals surface area contributed by atoms with E-state index in [1.165, 1.54) is 23.1 Å². The minimum atomic E-state index is -4.63. The number of rotatable bonds is 5. The largest absolute Gasteiger partial charge is 0.433 e. The highest BCUT2D eigenvalue weighted by Gasteiger charge is 2.35. The van der Waals surface area contributed by atoms with Gasteiger partial charge < -0.3 is 15.1 Å². The molecule has 0 bridgehead atoms. The number of carbonyl (C=O) groups excluding carboxylic acids is 1. The molecular formula is C20H22F6N6O. The van der Waals surface area contributed by atoms with Crippen LogP contribution in [0.5, 0.6) is 0 Å². The van der Waals surface area contributed by atoms with Crippen LogP contribution in [0.1, 0.15) is 11.3 Å². The lowest BCUT2D eigenvalue weighted by Gasteiger charge is -2.34. The second-order valence-electron chi connectivity index (χ2n) is 7.66. The van der Waals surface area contributed by atoms with Gasteiger partial charge in [-0.05, 0) is 12.1 Å². The summed E-state index contributed by atoms with van der Waals surface area (Å²) in [5.74, 6) is -0.584. The van der Waals surface area contributed by atoms with Crippen LogP contribution in [-0.2, 0) is 17.1 Å². The van der Waals surface area contributed by atoms with Gasteiger partial charge in [-0.2, -0.15) is 31.3 Å². The molecule has 3 rings (SSSR count). The molecule has 1 aliphatic rings. The van der Waals surface area contributed by atoms with Gasteiger partial charge >= 0.3 is 12.4 Å². The van der Waals surface area contributed by atoms with Crippen LogP contribution in [-0.4, -0.2) is 67.6 Å². The molecule has 2 heterocycles. The minimum Gasteiger partial charge on any atom is -0.363 e. The van der Waals surface area contributed by atoms with Crippen molar-refractivity contribution in [2.75, 3.05) is 61.9 Å². The molecule has 1 amide bonds. The van der Waals surface area contributed by atoms with Crippen LogP contribution in [0.2, 0.25) is 0 Å². The molecule has 1 aromatic heterocycles. The lowest BCUT2D eigenvalue weighted by atomic mass is 10.1. The molecule has 1 aromatic carbocycles. The Kier molecular flexibility index (Phi) is 7.00. The average molecular weight is 476 g/mol. The lowest BCUT2D eigenvalue weighted by molar-refractivity contribution is -0.141. The topological polar surface area (TPSA) is 64.6 Å². The fourth-order valence-electron chi connectivity index (χ4n) is 3.28. The predicted molar refractivity (Wildman–Crippen MR) is 110 cm³/mol. The number of anilines is 3. The summed E-state index contributed by atoms with van der Waals surface area (Å²) >= 11 is 0. The van der Waals surface area contributed by atoms with Crippen molar-refractivity contribution in [3.63, 3.8) is 0 Å². The van der Waals surface area contributed by atoms with E-state index in [9.17, 15) is 31.1 Å². The quantitative estimate of drug-likeness (QED) is 0.668. The number of alkyl halides is 6. The van der Waals surface area contributed by atoms with Crippen molar-refractivity contribution in [3.05, 3.63) is 41.6 Å². The molecule has 0 aliphatic carbocycles. The number of para-hydroxylation sites is 1. The number of nitrogens with zero attached hydrogens (tertiary/aromatic N) is 5. The Bertz CT molecular complexity index is 986. The van der Waals surface area contributed by atoms with Gasteiger partial charge in [-0.25, -0.2) is 4.98 Å². The number of halogens is 6. The fraction of sp³-hybridized carbons (Fsp3) is 0.450. The molecule has 0 unspecified atom stereocenters. The van der Waals surface area contributed by atoms with Crippen molar-refractivity contribution in [2.45, 2.75) is 12.4 Å². The van der Waals surface area contributed by atoms with Gasteiger partial charge in [0.15, 0.2) is 5.69 Å². The third-order valence-electron chi connectivity index (χ3n) is 4.98. The highest BCUT2D eigenvalue weighted by molar-refractivity contribution is 5.93. The van der Waals surface area contributed by atoms with Gasteiger partial charge in [0.2, 0.25) is 11.9 Å². The zero-order valence-corrected chi connectivity index (χ0v) is 17.8. The summed E-state index contributed by atoms with van der Waals surface area (Å²) in [6.07, 6.45) is -9.24. The zero-order chi connectivity index (χ0) is 24.4. The van der Waals surface area contributed by atoms with Crippen LogP contribution in [0.4, 0.5) is 43.8 Å². The molecule has 1 fully saturated rings. The van der Waals surface area contributed by atoms with Gasteiger partial charge in [-0.3, -0.25) is 9.69 Å². The summed E-state index contributed by atoms with van der Waals surface area (Å²) < 4.78 is 78.9. The Morgan fingerprint density at radius 1 is 1.00 bits per heavy atom. The van der Waals surface area contributed by atoms with E-state index in [1.54, 1.807) is 23.9 Å². The number of benzene rings is 1. The maximum absolute atomic E-state index is 13.2. The maximum Gasteiger partial charge on any atom is 0.433 e. The van der Waals surface area contributed by atoms with E-state index in [0.29, 0.717) is 13.1 Å². The monoisotopic (exact) mass is 476 g/mol. The van der Waals surface area contributed by atoms with E-state index in [1.807, 2.05) is 0 Å². The summed E-state index contributed by atoms with van der Waals surface area (Å²) in [6.45, 7) is 0.935. The van der Waals surface area contributed by atoms with E-state index in [4.69, 9.17) is 0 Å². The van der Waals surface area contributed by atoms with Crippen molar-refractivity contribution in [1.82, 2.24) is 14.9 Å². The molecule has 0 radical (unpaired) electrons. The summed E-state index contributed by atoms with van der Waals surface area (Å²) in [6, 6.07) is 5.54. The van der Waals surface area contributed by atoms with Gasteiger partial charge in [-0.15, -0.1) is 0 Å². The summed E-state index contributed by atoms with van der Waals surface area (Å²) in [5.41, 5.74) is -2.33. The first-order valence-electron chi connectivity index (χ1n) is 9.91.